The highest BCUT2D eigenvalue weighted by atomic mass is 14.9. The molecule has 2 N–H and O–H groups in total. The van der Waals surface area contributed by atoms with Gasteiger partial charge in [-0.15, -0.1) is 0 Å². The summed E-state index contributed by atoms with van der Waals surface area (Å²) in [4.78, 5) is 0. The second kappa shape index (κ2) is 4.71. The minimum Gasteiger partial charge on any atom is -0.398 e. The first-order valence-corrected chi connectivity index (χ1v) is 5.39. The maximum absolute atomic E-state index is 9.01. The van der Waals surface area contributed by atoms with Crippen molar-refractivity contribution in [2.75, 3.05) is 5.73 Å². The Morgan fingerprint density at radius 3 is 2.50 bits per heavy atom. The van der Waals surface area contributed by atoms with Crippen molar-refractivity contribution in [2.45, 2.75) is 20.8 Å². The van der Waals surface area contributed by atoms with Gasteiger partial charge < -0.3 is 10.3 Å². The highest BCUT2D eigenvalue weighted by Crippen LogP contribution is 2.27. The van der Waals surface area contributed by atoms with E-state index < -0.39 is 0 Å². The van der Waals surface area contributed by atoms with E-state index in [0.29, 0.717) is 11.3 Å². The Morgan fingerprint density at radius 2 is 1.94 bits per heavy atom. The molecule has 1 aromatic carbocycles. The minimum atomic E-state index is 0.550. The second-order valence-corrected chi connectivity index (χ2v) is 3.46. The molecule has 0 aliphatic carbocycles. The molecule has 0 saturated heterocycles. The van der Waals surface area contributed by atoms with Crippen molar-refractivity contribution >= 4 is 16.6 Å². The summed E-state index contributed by atoms with van der Waals surface area (Å²) in [6, 6.07) is 5.88. The first kappa shape index (κ1) is 12.1. The predicted octanol–water partition coefficient (Wildman–Crippen LogP) is 2.97. The molecular formula is C13H17N3. The van der Waals surface area contributed by atoms with Crippen LogP contribution in [0.25, 0.3) is 10.9 Å². The molecule has 3 nitrogen and oxygen atoms in total. The summed E-state index contributed by atoms with van der Waals surface area (Å²) in [5.74, 6) is 0. The number of aromatic nitrogens is 1. The lowest BCUT2D eigenvalue weighted by Crippen LogP contribution is -1.92. The minimum absolute atomic E-state index is 0.550. The molecule has 2 rings (SSSR count). The third-order valence-electron chi connectivity index (χ3n) is 2.49. The third kappa shape index (κ3) is 1.74. The van der Waals surface area contributed by atoms with Gasteiger partial charge in [-0.25, -0.2) is 0 Å². The van der Waals surface area contributed by atoms with E-state index in [0.717, 1.165) is 16.5 Å². The van der Waals surface area contributed by atoms with Crippen LogP contribution in [0.15, 0.2) is 18.3 Å². The van der Waals surface area contributed by atoms with E-state index in [4.69, 9.17) is 11.0 Å². The lowest BCUT2D eigenvalue weighted by atomic mass is 10.1. The number of nitrogen functional groups attached to an aromatic ring is 1. The van der Waals surface area contributed by atoms with Gasteiger partial charge in [0.05, 0.1) is 11.3 Å². The summed E-state index contributed by atoms with van der Waals surface area (Å²) in [6.45, 7) is 5.99. The summed E-state index contributed by atoms with van der Waals surface area (Å²) in [6.07, 6.45) is 2.00. The number of nitrogens with zero attached hydrogens (tertiary/aromatic N) is 2. The molecule has 0 amide bonds. The molecule has 2 aromatic rings. The molecule has 0 saturated carbocycles. The molecule has 0 fully saturated rings. The average molecular weight is 215 g/mol. The third-order valence-corrected chi connectivity index (χ3v) is 2.49. The van der Waals surface area contributed by atoms with Gasteiger partial charge in [-0.2, -0.15) is 5.26 Å². The van der Waals surface area contributed by atoms with Gasteiger partial charge in [0.2, 0.25) is 0 Å². The predicted molar refractivity (Wildman–Crippen MR) is 68.1 cm³/mol. The molecule has 84 valence electrons. The van der Waals surface area contributed by atoms with E-state index in [1.54, 1.807) is 6.07 Å². The molecule has 3 heteroatoms. The van der Waals surface area contributed by atoms with Crippen LogP contribution in [0.4, 0.5) is 5.69 Å². The van der Waals surface area contributed by atoms with Crippen LogP contribution >= 0.6 is 0 Å². The number of fused-ring (bicyclic) bond motifs is 1. The molecule has 0 atom stereocenters. The van der Waals surface area contributed by atoms with Crippen molar-refractivity contribution in [3.05, 3.63) is 29.5 Å². The van der Waals surface area contributed by atoms with Crippen molar-refractivity contribution in [1.29, 1.82) is 5.26 Å². The fourth-order valence-corrected chi connectivity index (χ4v) is 1.85. The normalized spacial score (nSPS) is 9.44. The van der Waals surface area contributed by atoms with E-state index in [9.17, 15) is 0 Å². The Morgan fingerprint density at radius 1 is 1.31 bits per heavy atom. The van der Waals surface area contributed by atoms with Crippen LogP contribution in [-0.4, -0.2) is 4.57 Å². The molecule has 0 spiro atoms. The Hall–Kier alpha value is -1.95. The van der Waals surface area contributed by atoms with Crippen LogP contribution in [0.2, 0.25) is 0 Å². The van der Waals surface area contributed by atoms with Crippen molar-refractivity contribution in [1.82, 2.24) is 4.57 Å². The maximum Gasteiger partial charge on any atom is 0.102 e. The van der Waals surface area contributed by atoms with Gasteiger partial charge in [0.25, 0.3) is 0 Å². The Kier molecular flexibility index (Phi) is 3.57. The summed E-state index contributed by atoms with van der Waals surface area (Å²) < 4.78 is 2.00. The second-order valence-electron chi connectivity index (χ2n) is 3.46. The summed E-state index contributed by atoms with van der Waals surface area (Å²) in [7, 11) is 1.96. The van der Waals surface area contributed by atoms with Crippen molar-refractivity contribution < 1.29 is 0 Å². The van der Waals surface area contributed by atoms with E-state index in [1.807, 2.05) is 44.6 Å². The van der Waals surface area contributed by atoms with Crippen LogP contribution < -0.4 is 5.73 Å². The smallest absolute Gasteiger partial charge is 0.102 e. The Balaban J connectivity index is 0.000000606. The van der Waals surface area contributed by atoms with Gasteiger partial charge in [-0.05, 0) is 24.6 Å². The molecule has 16 heavy (non-hydrogen) atoms. The van der Waals surface area contributed by atoms with Gasteiger partial charge in [0, 0.05) is 24.1 Å². The summed E-state index contributed by atoms with van der Waals surface area (Å²) in [5, 5.41) is 9.98. The molecule has 1 aromatic heterocycles. The molecular weight excluding hydrogens is 198 g/mol. The largest absolute Gasteiger partial charge is 0.398 e. The molecule has 0 aliphatic rings. The number of nitriles is 1. The van der Waals surface area contributed by atoms with Crippen molar-refractivity contribution in [3.8, 4) is 6.07 Å². The zero-order chi connectivity index (χ0) is 12.3. The average Bonchev–Trinajstić information content (AvgIpc) is 2.57. The monoisotopic (exact) mass is 215 g/mol. The number of anilines is 1. The molecule has 1 heterocycles. The summed E-state index contributed by atoms with van der Waals surface area (Å²) in [5.41, 5.74) is 9.02. The van der Waals surface area contributed by atoms with E-state index in [-0.39, 0.29) is 0 Å². The van der Waals surface area contributed by atoms with Gasteiger partial charge >= 0.3 is 0 Å². The fraction of sp³-hybridized carbons (Fsp3) is 0.308. The van der Waals surface area contributed by atoms with Gasteiger partial charge in [-0.1, -0.05) is 13.8 Å². The lowest BCUT2D eigenvalue weighted by molar-refractivity contribution is 0.964. The van der Waals surface area contributed by atoms with Gasteiger partial charge in [0.15, 0.2) is 0 Å². The molecule has 0 unspecified atom stereocenters. The Bertz CT molecular complexity index is 544. The standard InChI is InChI=1S/C11H11N3.C2H6/c1-7-6-14(2)10-4-3-9(13)8(5-12)11(7)10;1-2/h3-4,6H,13H2,1-2H3;1-2H3. The molecule has 0 bridgehead atoms. The molecule has 0 aliphatic heterocycles. The number of benzene rings is 1. The van der Waals surface area contributed by atoms with Crippen LogP contribution in [0.1, 0.15) is 25.0 Å². The fourth-order valence-electron chi connectivity index (χ4n) is 1.85. The SMILES string of the molecule is CC.Cc1cn(C)c2ccc(N)c(C#N)c12. The number of hydrogen-bond donors (Lipinski definition) is 1. The van der Waals surface area contributed by atoms with E-state index >= 15 is 0 Å². The first-order valence-electron chi connectivity index (χ1n) is 5.39. The number of aryl methyl sites for hydroxylation is 2. The number of rotatable bonds is 0. The quantitative estimate of drug-likeness (QED) is 0.687. The zero-order valence-electron chi connectivity index (χ0n) is 10.2. The maximum atomic E-state index is 9.01. The highest BCUT2D eigenvalue weighted by molar-refractivity contribution is 5.93. The van der Waals surface area contributed by atoms with Crippen LogP contribution in [0, 0.1) is 18.3 Å². The Labute approximate surface area is 96.1 Å². The van der Waals surface area contributed by atoms with Crippen molar-refractivity contribution in [2.24, 2.45) is 7.05 Å². The van der Waals surface area contributed by atoms with Gasteiger partial charge in [-0.3, -0.25) is 0 Å². The van der Waals surface area contributed by atoms with Gasteiger partial charge in [0.1, 0.15) is 6.07 Å². The molecule has 0 radical (unpaired) electrons. The first-order chi connectivity index (χ1) is 7.65. The summed E-state index contributed by atoms with van der Waals surface area (Å²) >= 11 is 0. The zero-order valence-corrected chi connectivity index (χ0v) is 10.2. The number of nitrogens with two attached hydrogens (primary N) is 1. The van der Waals surface area contributed by atoms with Crippen LogP contribution in [0.5, 0.6) is 0 Å². The topological polar surface area (TPSA) is 54.7 Å². The lowest BCUT2D eigenvalue weighted by Gasteiger charge is -2.01. The highest BCUT2D eigenvalue weighted by Gasteiger charge is 2.10. The van der Waals surface area contributed by atoms with Crippen molar-refractivity contribution in [3.63, 3.8) is 0 Å². The van der Waals surface area contributed by atoms with Crippen LogP contribution in [0.3, 0.4) is 0 Å². The van der Waals surface area contributed by atoms with E-state index in [1.165, 1.54) is 0 Å². The number of hydrogen-bond acceptors (Lipinski definition) is 2. The van der Waals surface area contributed by atoms with Crippen LogP contribution in [-0.2, 0) is 7.05 Å². The van der Waals surface area contributed by atoms with E-state index in [2.05, 4.69) is 6.07 Å².